The van der Waals surface area contributed by atoms with Crippen LogP contribution < -0.4 is 4.74 Å². The third kappa shape index (κ3) is 3.48. The van der Waals surface area contributed by atoms with Crippen molar-refractivity contribution in [2.45, 2.75) is 25.7 Å². The van der Waals surface area contributed by atoms with Crippen molar-refractivity contribution in [3.05, 3.63) is 52.3 Å². The molecule has 1 fully saturated rings. The molecule has 0 bridgehead atoms. The molecule has 0 saturated heterocycles. The van der Waals surface area contributed by atoms with Crippen molar-refractivity contribution in [2.75, 3.05) is 7.11 Å². The second kappa shape index (κ2) is 7.54. The first kappa shape index (κ1) is 19.1. The Hall–Kier alpha value is -2.64. The van der Waals surface area contributed by atoms with Gasteiger partial charge in [-0.1, -0.05) is 23.7 Å². The first-order valence-electron chi connectivity index (χ1n) is 8.51. The summed E-state index contributed by atoms with van der Waals surface area (Å²) in [5, 5.41) is 0.235. The minimum absolute atomic E-state index is 0.109. The first-order valence-corrected chi connectivity index (χ1v) is 8.89. The van der Waals surface area contributed by atoms with E-state index in [1.165, 1.54) is 13.2 Å². The Morgan fingerprint density at radius 3 is 2.63 bits per heavy atom. The lowest BCUT2D eigenvalue weighted by Gasteiger charge is -2.17. The smallest absolute Gasteiger partial charge is 0.152 e. The summed E-state index contributed by atoms with van der Waals surface area (Å²) < 4.78 is 19.3. The summed E-state index contributed by atoms with van der Waals surface area (Å²) in [6.07, 6.45) is 5.63. The highest BCUT2D eigenvalue weighted by Gasteiger charge is 2.43. The molecule has 0 amide bonds. The SMILES string of the molecule is C#CCC1CC(=O)C(c2c(Cl)cc(-c3ccc(C)c(F)c3)cc2OC)C1=O. The lowest BCUT2D eigenvalue weighted by atomic mass is 9.90. The number of ether oxygens (including phenoxy) is 1. The number of hydrogen-bond donors (Lipinski definition) is 0. The van der Waals surface area contributed by atoms with Crippen molar-refractivity contribution < 1.29 is 18.7 Å². The maximum Gasteiger partial charge on any atom is 0.152 e. The largest absolute Gasteiger partial charge is 0.496 e. The van der Waals surface area contributed by atoms with Gasteiger partial charge in [0, 0.05) is 29.3 Å². The zero-order valence-electron chi connectivity index (χ0n) is 15.0. The Bertz CT molecular complexity index is 974. The highest BCUT2D eigenvalue weighted by molar-refractivity contribution is 6.33. The van der Waals surface area contributed by atoms with Crippen molar-refractivity contribution in [1.29, 1.82) is 0 Å². The van der Waals surface area contributed by atoms with E-state index in [0.717, 1.165) is 0 Å². The molecule has 3 nitrogen and oxygen atoms in total. The third-order valence-electron chi connectivity index (χ3n) is 4.93. The summed E-state index contributed by atoms with van der Waals surface area (Å²) in [5.41, 5.74) is 2.15. The lowest BCUT2D eigenvalue weighted by Crippen LogP contribution is -2.16. The van der Waals surface area contributed by atoms with Gasteiger partial charge in [-0.2, -0.15) is 0 Å². The van der Waals surface area contributed by atoms with Gasteiger partial charge in [0.15, 0.2) is 5.78 Å². The van der Waals surface area contributed by atoms with Gasteiger partial charge in [-0.15, -0.1) is 12.3 Å². The molecular weight excluding hydrogens is 367 g/mol. The Kier molecular flexibility index (Phi) is 5.34. The fraction of sp³-hybridized carbons (Fsp3) is 0.273. The average Bonchev–Trinajstić information content (AvgIpc) is 2.91. The molecule has 1 saturated carbocycles. The third-order valence-corrected chi connectivity index (χ3v) is 5.24. The van der Waals surface area contributed by atoms with Crippen LogP contribution in [0.3, 0.4) is 0 Å². The Balaban J connectivity index is 2.08. The first-order chi connectivity index (χ1) is 12.9. The Morgan fingerprint density at radius 2 is 2.00 bits per heavy atom. The molecule has 5 heteroatoms. The second-order valence-corrected chi connectivity index (χ2v) is 7.06. The number of terminal acetylenes is 1. The van der Waals surface area contributed by atoms with Gasteiger partial charge in [0.2, 0.25) is 0 Å². The molecule has 2 aromatic rings. The van der Waals surface area contributed by atoms with E-state index in [9.17, 15) is 14.0 Å². The lowest BCUT2D eigenvalue weighted by molar-refractivity contribution is -0.124. The average molecular weight is 385 g/mol. The van der Waals surface area contributed by atoms with Crippen molar-refractivity contribution in [3.63, 3.8) is 0 Å². The summed E-state index contributed by atoms with van der Waals surface area (Å²) in [5.74, 6) is 0.533. The van der Waals surface area contributed by atoms with Gasteiger partial charge in [-0.05, 0) is 41.8 Å². The van der Waals surface area contributed by atoms with Crippen LogP contribution in [0.2, 0.25) is 5.02 Å². The number of methoxy groups -OCH3 is 1. The van der Waals surface area contributed by atoms with Crippen LogP contribution in [0.15, 0.2) is 30.3 Å². The molecule has 1 aliphatic rings. The standard InChI is InChI=1S/C22H18ClFO3/c1-4-5-14-10-18(25)21(22(14)26)20-16(23)8-15(11-19(20)27-3)13-7-6-12(2)17(24)9-13/h1,6-9,11,14,21H,5,10H2,2-3H3. The van der Waals surface area contributed by atoms with Crippen molar-refractivity contribution in [1.82, 2.24) is 0 Å². The molecule has 2 unspecified atom stereocenters. The fourth-order valence-corrected chi connectivity index (χ4v) is 3.77. The van der Waals surface area contributed by atoms with E-state index >= 15 is 0 Å². The Labute approximate surface area is 162 Å². The highest BCUT2D eigenvalue weighted by atomic mass is 35.5. The van der Waals surface area contributed by atoms with Crippen LogP contribution in [0.25, 0.3) is 11.1 Å². The maximum absolute atomic E-state index is 13.9. The van der Waals surface area contributed by atoms with Gasteiger partial charge in [0.05, 0.1) is 7.11 Å². The van der Waals surface area contributed by atoms with Crippen LogP contribution in [0.4, 0.5) is 4.39 Å². The van der Waals surface area contributed by atoms with E-state index in [2.05, 4.69) is 5.92 Å². The van der Waals surface area contributed by atoms with Crippen molar-refractivity contribution in [2.24, 2.45) is 5.92 Å². The number of hydrogen-bond acceptors (Lipinski definition) is 3. The number of aryl methyl sites for hydroxylation is 1. The molecule has 0 heterocycles. The predicted octanol–water partition coefficient (Wildman–Crippen LogP) is 4.73. The molecule has 138 valence electrons. The van der Waals surface area contributed by atoms with Crippen LogP contribution in [0.5, 0.6) is 5.75 Å². The van der Waals surface area contributed by atoms with E-state index in [1.807, 2.05) is 0 Å². The van der Waals surface area contributed by atoms with Gasteiger partial charge < -0.3 is 4.74 Å². The van der Waals surface area contributed by atoms with Gasteiger partial charge in [0.25, 0.3) is 0 Å². The monoisotopic (exact) mass is 384 g/mol. The van der Waals surface area contributed by atoms with Gasteiger partial charge in [0.1, 0.15) is 23.3 Å². The molecular formula is C22H18ClFO3. The van der Waals surface area contributed by atoms with E-state index in [1.54, 1.807) is 31.2 Å². The van der Waals surface area contributed by atoms with E-state index in [0.29, 0.717) is 28.0 Å². The molecule has 0 aromatic heterocycles. The van der Waals surface area contributed by atoms with Crippen LogP contribution in [0.1, 0.15) is 29.9 Å². The second-order valence-electron chi connectivity index (χ2n) is 6.65. The van der Waals surface area contributed by atoms with Crippen LogP contribution in [-0.4, -0.2) is 18.7 Å². The summed E-state index contributed by atoms with van der Waals surface area (Å²) >= 11 is 6.45. The van der Waals surface area contributed by atoms with Crippen molar-refractivity contribution in [3.8, 4) is 29.2 Å². The molecule has 0 N–H and O–H groups in total. The summed E-state index contributed by atoms with van der Waals surface area (Å²) in [6, 6.07) is 8.15. The van der Waals surface area contributed by atoms with Gasteiger partial charge in [-0.3, -0.25) is 9.59 Å². The number of rotatable bonds is 4. The molecule has 2 atom stereocenters. The van der Waals surface area contributed by atoms with Gasteiger partial charge >= 0.3 is 0 Å². The minimum Gasteiger partial charge on any atom is -0.496 e. The van der Waals surface area contributed by atoms with Crippen LogP contribution >= 0.6 is 11.6 Å². The molecule has 0 radical (unpaired) electrons. The van der Waals surface area contributed by atoms with E-state index in [4.69, 9.17) is 22.8 Å². The number of ketones is 2. The predicted molar refractivity (Wildman–Crippen MR) is 102 cm³/mol. The number of halogens is 2. The Morgan fingerprint density at radius 1 is 1.26 bits per heavy atom. The summed E-state index contributed by atoms with van der Waals surface area (Å²) in [4.78, 5) is 25.2. The molecule has 1 aliphatic carbocycles. The van der Waals surface area contributed by atoms with E-state index in [-0.39, 0.29) is 35.2 Å². The van der Waals surface area contributed by atoms with Crippen LogP contribution in [0, 0.1) is 31.0 Å². The molecule has 27 heavy (non-hydrogen) atoms. The van der Waals surface area contributed by atoms with E-state index < -0.39 is 11.8 Å². The minimum atomic E-state index is -0.977. The number of carbonyl (C=O) groups is 2. The summed E-state index contributed by atoms with van der Waals surface area (Å²) in [6.45, 7) is 1.68. The van der Waals surface area contributed by atoms with Crippen molar-refractivity contribution >= 4 is 23.2 Å². The zero-order chi connectivity index (χ0) is 19.7. The normalized spacial score (nSPS) is 19.2. The fourth-order valence-electron chi connectivity index (χ4n) is 3.45. The molecule has 0 spiro atoms. The molecule has 0 aliphatic heterocycles. The topological polar surface area (TPSA) is 43.4 Å². The maximum atomic E-state index is 13.9. The molecule has 3 rings (SSSR count). The highest BCUT2D eigenvalue weighted by Crippen LogP contribution is 2.43. The van der Waals surface area contributed by atoms with Gasteiger partial charge in [-0.25, -0.2) is 4.39 Å². The quantitative estimate of drug-likeness (QED) is 0.565. The zero-order valence-corrected chi connectivity index (χ0v) is 15.8. The summed E-state index contributed by atoms with van der Waals surface area (Å²) in [7, 11) is 1.44. The number of carbonyl (C=O) groups excluding carboxylic acids is 2. The number of benzene rings is 2. The van der Waals surface area contributed by atoms with Crippen LogP contribution in [-0.2, 0) is 9.59 Å². The number of Topliss-reactive ketones (excluding diaryl/α,β-unsaturated/α-hetero) is 2. The molecule has 2 aromatic carbocycles.